The molecule has 1 aromatic heterocycles. The Labute approximate surface area is 248 Å². The van der Waals surface area contributed by atoms with Crippen molar-refractivity contribution >= 4 is 16.8 Å². The molecular weight excluding hydrogens is 504 g/mol. The summed E-state index contributed by atoms with van der Waals surface area (Å²) in [6.45, 7) is 3.10. The number of methoxy groups -OCH3 is 1. The van der Waals surface area contributed by atoms with E-state index in [0.29, 0.717) is 22.9 Å². The van der Waals surface area contributed by atoms with Crippen LogP contribution in [0.3, 0.4) is 0 Å². The summed E-state index contributed by atoms with van der Waals surface area (Å²) >= 11 is 0. The SMILES string of the molecule is CC/C=C\C/C=C\C/C=C\C/C=C\C/C=C\C/C=C\CCC(=O)[N+]1(C)CCCC1Cc1c[nH]c2ccc(OC)cc12. The zero-order valence-corrected chi connectivity index (χ0v) is 25.6. The molecule has 220 valence electrons. The Kier molecular flexibility index (Phi) is 14.2. The first kappa shape index (κ1) is 32.1. The van der Waals surface area contributed by atoms with Crippen LogP contribution in [0, 0.1) is 0 Å². The third-order valence-corrected chi connectivity index (χ3v) is 8.09. The van der Waals surface area contributed by atoms with E-state index in [1.807, 2.05) is 6.07 Å². The lowest BCUT2D eigenvalue weighted by molar-refractivity contribution is -0.847. The third-order valence-electron chi connectivity index (χ3n) is 8.09. The molecule has 2 atom stereocenters. The molecule has 3 rings (SSSR count). The molecule has 1 N–H and O–H groups in total. The maximum atomic E-state index is 13.3. The molecule has 2 unspecified atom stereocenters. The molecule has 4 heteroatoms. The van der Waals surface area contributed by atoms with Gasteiger partial charge in [0.25, 0.3) is 0 Å². The van der Waals surface area contributed by atoms with E-state index < -0.39 is 0 Å². The first-order valence-electron chi connectivity index (χ1n) is 15.5. The predicted molar refractivity (Wildman–Crippen MR) is 175 cm³/mol. The van der Waals surface area contributed by atoms with Crippen molar-refractivity contribution in [3.63, 3.8) is 0 Å². The predicted octanol–water partition coefficient (Wildman–Crippen LogP) is 9.33. The number of H-pyrrole nitrogens is 1. The summed E-state index contributed by atoms with van der Waals surface area (Å²) < 4.78 is 5.99. The summed E-state index contributed by atoms with van der Waals surface area (Å²) in [6, 6.07) is 6.48. The van der Waals surface area contributed by atoms with Crippen LogP contribution in [-0.4, -0.2) is 42.1 Å². The Morgan fingerprint density at radius 3 is 2.07 bits per heavy atom. The smallest absolute Gasteiger partial charge is 0.314 e. The average molecular weight is 556 g/mol. The van der Waals surface area contributed by atoms with Crippen molar-refractivity contribution < 1.29 is 14.0 Å². The second-order valence-corrected chi connectivity index (χ2v) is 11.1. The molecule has 1 amide bonds. The number of fused-ring (bicyclic) bond motifs is 1. The van der Waals surface area contributed by atoms with Crippen molar-refractivity contribution in [2.45, 2.75) is 83.6 Å². The van der Waals surface area contributed by atoms with E-state index in [1.54, 1.807) is 7.11 Å². The van der Waals surface area contributed by atoms with E-state index in [1.165, 1.54) is 10.9 Å². The Morgan fingerprint density at radius 1 is 0.902 bits per heavy atom. The molecule has 0 aliphatic carbocycles. The largest absolute Gasteiger partial charge is 0.497 e. The topological polar surface area (TPSA) is 42.1 Å². The van der Waals surface area contributed by atoms with Gasteiger partial charge < -0.3 is 9.72 Å². The lowest BCUT2D eigenvalue weighted by Gasteiger charge is -2.33. The van der Waals surface area contributed by atoms with Gasteiger partial charge in [0.1, 0.15) is 11.8 Å². The van der Waals surface area contributed by atoms with Crippen LogP contribution in [0.1, 0.15) is 76.7 Å². The first-order valence-corrected chi connectivity index (χ1v) is 15.5. The number of likely N-dealkylation sites (tertiary alicyclic amines) is 1. The van der Waals surface area contributed by atoms with Crippen LogP contribution in [0.25, 0.3) is 10.9 Å². The van der Waals surface area contributed by atoms with Crippen LogP contribution in [-0.2, 0) is 11.2 Å². The summed E-state index contributed by atoms with van der Waals surface area (Å²) in [5.41, 5.74) is 2.40. The summed E-state index contributed by atoms with van der Waals surface area (Å²) in [5, 5.41) is 1.20. The molecule has 0 saturated carbocycles. The molecule has 41 heavy (non-hydrogen) atoms. The Bertz CT molecular complexity index is 1240. The van der Waals surface area contributed by atoms with E-state index in [9.17, 15) is 4.79 Å². The fourth-order valence-electron chi connectivity index (χ4n) is 5.56. The number of quaternary nitrogens is 1. The van der Waals surface area contributed by atoms with Gasteiger partial charge in [-0.3, -0.25) is 4.48 Å². The first-order chi connectivity index (χ1) is 20.1. The molecule has 2 heterocycles. The van der Waals surface area contributed by atoms with Crippen LogP contribution in [0.5, 0.6) is 5.75 Å². The highest BCUT2D eigenvalue weighted by Gasteiger charge is 2.43. The highest BCUT2D eigenvalue weighted by atomic mass is 16.5. The van der Waals surface area contributed by atoms with E-state index in [-0.39, 0.29) is 0 Å². The summed E-state index contributed by atoms with van der Waals surface area (Å²) in [6.07, 6.45) is 39.2. The second-order valence-electron chi connectivity index (χ2n) is 11.1. The third kappa shape index (κ3) is 10.5. The molecule has 1 saturated heterocycles. The minimum Gasteiger partial charge on any atom is -0.497 e. The van der Waals surface area contributed by atoms with Crippen molar-refractivity contribution in [3.8, 4) is 5.75 Å². The van der Waals surface area contributed by atoms with Gasteiger partial charge in [0.05, 0.1) is 27.1 Å². The van der Waals surface area contributed by atoms with Crippen molar-refractivity contribution in [1.29, 1.82) is 0 Å². The fraction of sp³-hybridized carbons (Fsp3) is 0.432. The number of benzene rings is 1. The Morgan fingerprint density at radius 2 is 1.49 bits per heavy atom. The van der Waals surface area contributed by atoms with Gasteiger partial charge in [-0.2, -0.15) is 0 Å². The number of nitrogens with zero attached hydrogens (tertiary/aromatic N) is 1. The molecule has 4 nitrogen and oxygen atoms in total. The van der Waals surface area contributed by atoms with Gasteiger partial charge in [-0.1, -0.05) is 79.8 Å². The van der Waals surface area contributed by atoms with Crippen LogP contribution in [0.2, 0.25) is 0 Å². The number of nitrogens with one attached hydrogen (secondary N) is 1. The van der Waals surface area contributed by atoms with Crippen LogP contribution < -0.4 is 4.74 Å². The Hall–Kier alpha value is -3.37. The number of hydrogen-bond donors (Lipinski definition) is 1. The summed E-state index contributed by atoms with van der Waals surface area (Å²) in [5.74, 6) is 1.24. The number of rotatable bonds is 17. The number of likely N-dealkylation sites (N-methyl/N-ethyl adjacent to an activating group) is 1. The summed E-state index contributed by atoms with van der Waals surface area (Å²) in [7, 11) is 3.85. The van der Waals surface area contributed by atoms with Gasteiger partial charge in [-0.25, -0.2) is 4.79 Å². The van der Waals surface area contributed by atoms with Crippen molar-refractivity contribution in [1.82, 2.24) is 4.98 Å². The van der Waals surface area contributed by atoms with Gasteiger partial charge >= 0.3 is 5.91 Å². The maximum absolute atomic E-state index is 13.3. The van der Waals surface area contributed by atoms with E-state index in [0.717, 1.165) is 82.0 Å². The molecule has 1 aliphatic rings. The van der Waals surface area contributed by atoms with E-state index in [4.69, 9.17) is 4.74 Å². The monoisotopic (exact) mass is 555 g/mol. The quantitative estimate of drug-likeness (QED) is 0.156. The van der Waals surface area contributed by atoms with Crippen molar-refractivity contribution in [2.75, 3.05) is 20.7 Å². The highest BCUT2D eigenvalue weighted by Crippen LogP contribution is 2.32. The van der Waals surface area contributed by atoms with Crippen molar-refractivity contribution in [2.24, 2.45) is 0 Å². The standard InChI is InChI=1S/C37H51N2O2/c1-4-5-6-7-8-9-10-11-12-13-14-15-16-17-18-19-20-21-22-25-37(40)39(2)28-23-24-33(39)29-32-31-38-36-27-26-34(41-3)30-35(32)36/h5-6,8-9,11-12,14-15,17-18,20-21,26-27,30-31,33,38H,4,7,10,13,16,19,22-25,28-29H2,1-3H3/q+1/b6-5-,9-8-,12-11-,15-14-,18-17-,21-20-. The van der Waals surface area contributed by atoms with E-state index in [2.05, 4.69) is 110 Å². The minimum atomic E-state index is 0.331. The van der Waals surface area contributed by atoms with Gasteiger partial charge in [0.15, 0.2) is 0 Å². The van der Waals surface area contributed by atoms with Gasteiger partial charge in [-0.05, 0) is 68.7 Å². The number of aromatic nitrogens is 1. The zero-order valence-electron chi connectivity index (χ0n) is 25.6. The summed E-state index contributed by atoms with van der Waals surface area (Å²) in [4.78, 5) is 16.7. The average Bonchev–Trinajstić information content (AvgIpc) is 3.57. The minimum absolute atomic E-state index is 0.331. The van der Waals surface area contributed by atoms with E-state index >= 15 is 0 Å². The molecule has 1 aromatic carbocycles. The molecule has 0 spiro atoms. The van der Waals surface area contributed by atoms with Crippen LogP contribution in [0.4, 0.5) is 0 Å². The number of carbonyl (C=O) groups is 1. The highest BCUT2D eigenvalue weighted by molar-refractivity contribution is 5.84. The number of aromatic amines is 1. The van der Waals surface area contributed by atoms with Gasteiger partial charge in [-0.15, -0.1) is 0 Å². The van der Waals surface area contributed by atoms with Crippen LogP contribution >= 0.6 is 0 Å². The normalized spacial score (nSPS) is 20.0. The second kappa shape index (κ2) is 18.1. The lowest BCUT2D eigenvalue weighted by Crippen LogP contribution is -2.53. The molecule has 0 radical (unpaired) electrons. The van der Waals surface area contributed by atoms with Crippen molar-refractivity contribution in [3.05, 3.63) is 103 Å². The fourth-order valence-corrected chi connectivity index (χ4v) is 5.56. The van der Waals surface area contributed by atoms with Crippen LogP contribution in [0.15, 0.2) is 97.3 Å². The maximum Gasteiger partial charge on any atom is 0.314 e. The molecule has 1 fully saturated rings. The number of carbonyl (C=O) groups excluding carboxylic acids is 1. The van der Waals surface area contributed by atoms with Gasteiger partial charge in [0, 0.05) is 36.4 Å². The lowest BCUT2D eigenvalue weighted by atomic mass is 10.0. The number of allylic oxidation sites excluding steroid dienone is 12. The molecule has 1 aliphatic heterocycles. The Balaban J connectivity index is 1.32. The number of ether oxygens (including phenoxy) is 1. The number of hydrogen-bond acceptors (Lipinski definition) is 2. The molecular formula is C37H51N2O2+. The number of amides is 1. The zero-order chi connectivity index (χ0) is 29.2. The molecule has 2 aromatic rings. The molecule has 0 bridgehead atoms. The van der Waals surface area contributed by atoms with Gasteiger partial charge in [0.2, 0.25) is 0 Å².